The summed E-state index contributed by atoms with van der Waals surface area (Å²) in [7, 11) is 1.45. The van der Waals surface area contributed by atoms with Crippen LogP contribution < -0.4 is 16.0 Å². The first kappa shape index (κ1) is 18.1. The highest BCUT2D eigenvalue weighted by Crippen LogP contribution is 2.38. The zero-order chi connectivity index (χ0) is 20.0. The first-order chi connectivity index (χ1) is 13.4. The average Bonchev–Trinajstić information content (AvgIpc) is 3.21. The Bertz CT molecular complexity index is 1070. The van der Waals surface area contributed by atoms with Crippen molar-refractivity contribution in [3.63, 3.8) is 0 Å². The van der Waals surface area contributed by atoms with Crippen LogP contribution in [0.25, 0.3) is 5.65 Å². The number of nitrogen functional groups attached to an aromatic ring is 1. The molecular formula is C18H17F3N6O. The van der Waals surface area contributed by atoms with Crippen molar-refractivity contribution in [3.8, 4) is 0 Å². The maximum atomic E-state index is 14.3. The molecule has 2 atom stereocenters. The van der Waals surface area contributed by atoms with E-state index in [0.717, 1.165) is 18.2 Å². The average molecular weight is 390 g/mol. The second-order valence-corrected chi connectivity index (χ2v) is 6.56. The predicted molar refractivity (Wildman–Crippen MR) is 96.7 cm³/mol. The third-order valence-corrected chi connectivity index (χ3v) is 4.81. The summed E-state index contributed by atoms with van der Waals surface area (Å²) in [5.74, 6) is -1.37. The Balaban J connectivity index is 1.81. The van der Waals surface area contributed by atoms with Crippen molar-refractivity contribution in [2.45, 2.75) is 18.6 Å². The van der Waals surface area contributed by atoms with Crippen LogP contribution in [-0.4, -0.2) is 40.3 Å². The van der Waals surface area contributed by atoms with Gasteiger partial charge in [0.25, 0.3) is 5.91 Å². The van der Waals surface area contributed by atoms with Crippen molar-refractivity contribution in [1.82, 2.24) is 19.9 Å². The van der Waals surface area contributed by atoms with E-state index in [0.29, 0.717) is 5.82 Å². The van der Waals surface area contributed by atoms with Gasteiger partial charge in [-0.25, -0.2) is 22.7 Å². The molecule has 0 saturated carbocycles. The number of anilines is 2. The molecule has 1 aromatic carbocycles. The number of halogens is 3. The number of carbonyl (C=O) groups excluding carboxylic acids is 1. The Kier molecular flexibility index (Phi) is 4.33. The summed E-state index contributed by atoms with van der Waals surface area (Å²) in [4.78, 5) is 18.1. The van der Waals surface area contributed by atoms with E-state index in [4.69, 9.17) is 5.73 Å². The van der Waals surface area contributed by atoms with Crippen molar-refractivity contribution >= 4 is 23.2 Å². The highest BCUT2D eigenvalue weighted by molar-refractivity contribution is 6.04. The van der Waals surface area contributed by atoms with Gasteiger partial charge in [0.05, 0.1) is 12.6 Å². The molecule has 1 saturated heterocycles. The Morgan fingerprint density at radius 2 is 2.11 bits per heavy atom. The Hall–Kier alpha value is -3.30. The molecule has 1 aliphatic rings. The lowest BCUT2D eigenvalue weighted by Crippen LogP contribution is -2.26. The summed E-state index contributed by atoms with van der Waals surface area (Å²) in [5, 5.41) is 6.50. The van der Waals surface area contributed by atoms with Gasteiger partial charge in [0.2, 0.25) is 0 Å². The molecule has 2 aromatic heterocycles. The van der Waals surface area contributed by atoms with Crippen LogP contribution in [0.3, 0.4) is 0 Å². The van der Waals surface area contributed by atoms with Gasteiger partial charge in [0.15, 0.2) is 11.5 Å². The number of nitrogens with zero attached hydrogens (tertiary/aromatic N) is 4. The van der Waals surface area contributed by atoms with E-state index in [2.05, 4.69) is 15.4 Å². The van der Waals surface area contributed by atoms with E-state index < -0.39 is 29.8 Å². The van der Waals surface area contributed by atoms with Gasteiger partial charge in [-0.15, -0.1) is 5.10 Å². The molecule has 1 aliphatic heterocycles. The molecule has 28 heavy (non-hydrogen) atoms. The Morgan fingerprint density at radius 3 is 2.86 bits per heavy atom. The van der Waals surface area contributed by atoms with Gasteiger partial charge in [-0.3, -0.25) is 4.79 Å². The Labute approximate surface area is 158 Å². The fraction of sp³-hybridized carbons (Fsp3) is 0.278. The molecule has 0 radical (unpaired) electrons. The molecule has 0 bridgehead atoms. The van der Waals surface area contributed by atoms with Gasteiger partial charge in [-0.05, 0) is 24.3 Å². The van der Waals surface area contributed by atoms with E-state index in [9.17, 15) is 18.0 Å². The Morgan fingerprint density at radius 1 is 1.32 bits per heavy atom. The van der Waals surface area contributed by atoms with Gasteiger partial charge < -0.3 is 16.0 Å². The van der Waals surface area contributed by atoms with Gasteiger partial charge in [0, 0.05) is 25.2 Å². The lowest BCUT2D eigenvalue weighted by atomic mass is 10.0. The zero-order valence-corrected chi connectivity index (χ0v) is 14.9. The van der Waals surface area contributed by atoms with Crippen molar-refractivity contribution in [1.29, 1.82) is 0 Å². The number of fused-ring (bicyclic) bond motifs is 1. The summed E-state index contributed by atoms with van der Waals surface area (Å²) in [6, 6.07) is 3.93. The number of hydrogen-bond donors (Lipinski definition) is 2. The van der Waals surface area contributed by atoms with Crippen LogP contribution in [0.4, 0.5) is 24.8 Å². The quantitative estimate of drug-likeness (QED) is 0.716. The summed E-state index contributed by atoms with van der Waals surface area (Å²) >= 11 is 0. The molecule has 7 nitrogen and oxygen atoms in total. The number of alkyl halides is 1. The summed E-state index contributed by atoms with van der Waals surface area (Å²) in [5.41, 5.74) is 6.15. The van der Waals surface area contributed by atoms with Crippen LogP contribution in [0, 0.1) is 11.6 Å². The topological polar surface area (TPSA) is 88.5 Å². The van der Waals surface area contributed by atoms with E-state index in [1.807, 2.05) is 0 Å². The smallest absolute Gasteiger partial charge is 0.258 e. The normalized spacial score (nSPS) is 19.4. The number of aromatic nitrogens is 3. The predicted octanol–water partition coefficient (Wildman–Crippen LogP) is 2.24. The van der Waals surface area contributed by atoms with Crippen LogP contribution in [-0.2, 0) is 0 Å². The van der Waals surface area contributed by atoms with Gasteiger partial charge in [0.1, 0.15) is 29.2 Å². The molecule has 3 heterocycles. The molecule has 146 valence electrons. The number of carbonyl (C=O) groups is 1. The van der Waals surface area contributed by atoms with Gasteiger partial charge >= 0.3 is 0 Å². The molecule has 0 spiro atoms. The number of amides is 1. The third-order valence-electron chi connectivity index (χ3n) is 4.81. The molecule has 1 amide bonds. The number of nitrogens with two attached hydrogens (primary N) is 1. The molecule has 3 N–H and O–H groups in total. The summed E-state index contributed by atoms with van der Waals surface area (Å²) < 4.78 is 43.5. The largest absolute Gasteiger partial charge is 0.381 e. The second kappa shape index (κ2) is 6.70. The number of rotatable bonds is 3. The van der Waals surface area contributed by atoms with E-state index in [1.165, 1.54) is 17.8 Å². The lowest BCUT2D eigenvalue weighted by molar-refractivity contribution is 0.0965. The SMILES string of the molecule is CNC(=O)c1c(N)nn2ccc(N3C[C@@H](F)C[C@@H]3c3cc(F)ccc3F)nc12. The first-order valence-corrected chi connectivity index (χ1v) is 8.61. The highest BCUT2D eigenvalue weighted by Gasteiger charge is 2.36. The monoisotopic (exact) mass is 390 g/mol. The van der Waals surface area contributed by atoms with Crippen LogP contribution in [0.1, 0.15) is 28.4 Å². The molecule has 4 rings (SSSR count). The third kappa shape index (κ3) is 2.90. The van der Waals surface area contributed by atoms with Gasteiger partial charge in [-0.2, -0.15) is 0 Å². The van der Waals surface area contributed by atoms with Crippen LogP contribution in [0.15, 0.2) is 30.5 Å². The van der Waals surface area contributed by atoms with Crippen molar-refractivity contribution in [2.24, 2.45) is 0 Å². The molecule has 10 heteroatoms. The fourth-order valence-electron chi connectivity index (χ4n) is 3.54. The maximum absolute atomic E-state index is 14.3. The van der Waals surface area contributed by atoms with Gasteiger partial charge in [-0.1, -0.05) is 0 Å². The van der Waals surface area contributed by atoms with Crippen molar-refractivity contribution in [3.05, 3.63) is 53.2 Å². The van der Waals surface area contributed by atoms with Crippen molar-refractivity contribution < 1.29 is 18.0 Å². The van der Waals surface area contributed by atoms with E-state index >= 15 is 0 Å². The summed E-state index contributed by atoms with van der Waals surface area (Å²) in [6.45, 7) is -0.0390. The molecule has 1 fully saturated rings. The fourth-order valence-corrected chi connectivity index (χ4v) is 3.54. The molecule has 0 aliphatic carbocycles. The minimum atomic E-state index is -1.24. The number of nitrogens with one attached hydrogen (secondary N) is 1. The van der Waals surface area contributed by atoms with Crippen LogP contribution >= 0.6 is 0 Å². The van der Waals surface area contributed by atoms with E-state index in [-0.39, 0.29) is 35.6 Å². The first-order valence-electron chi connectivity index (χ1n) is 8.61. The highest BCUT2D eigenvalue weighted by atomic mass is 19.1. The standard InChI is InChI=1S/C18H17F3N6O/c1-23-18(28)15-16(22)25-27-5-4-14(24-17(15)27)26-8-10(20)7-13(26)11-6-9(19)2-3-12(11)21/h2-6,10,13H,7-8H2,1H3,(H2,22,25)(H,23,28)/t10-,13+/m0/s1. The minimum absolute atomic E-state index is 0.00140. The maximum Gasteiger partial charge on any atom is 0.258 e. The van der Waals surface area contributed by atoms with Crippen LogP contribution in [0.2, 0.25) is 0 Å². The number of benzene rings is 1. The molecular weight excluding hydrogens is 373 g/mol. The lowest BCUT2D eigenvalue weighted by Gasteiger charge is -2.26. The zero-order valence-electron chi connectivity index (χ0n) is 14.9. The van der Waals surface area contributed by atoms with Crippen LogP contribution in [0.5, 0.6) is 0 Å². The minimum Gasteiger partial charge on any atom is -0.381 e. The van der Waals surface area contributed by atoms with E-state index in [1.54, 1.807) is 11.0 Å². The van der Waals surface area contributed by atoms with Crippen molar-refractivity contribution in [2.75, 3.05) is 24.2 Å². The summed E-state index contributed by atoms with van der Waals surface area (Å²) in [6.07, 6.45) is 0.293. The second-order valence-electron chi connectivity index (χ2n) is 6.56. The molecule has 0 unspecified atom stereocenters. The number of hydrogen-bond acceptors (Lipinski definition) is 5. The molecule has 3 aromatic rings.